The maximum Gasteiger partial charge on any atom is 0.573 e. The molecule has 9 heteroatoms. The number of halogens is 3. The average Bonchev–Trinajstić information content (AvgIpc) is 3.04. The fourth-order valence-corrected chi connectivity index (χ4v) is 3.33. The fourth-order valence-electron chi connectivity index (χ4n) is 3.33. The molecule has 0 unspecified atom stereocenters. The van der Waals surface area contributed by atoms with Gasteiger partial charge in [-0.2, -0.15) is 5.26 Å². The van der Waals surface area contributed by atoms with E-state index in [0.29, 0.717) is 53.0 Å². The molecule has 1 heterocycles. The molecule has 3 rings (SSSR count). The van der Waals surface area contributed by atoms with Crippen molar-refractivity contribution in [3.8, 4) is 23.1 Å². The third-order valence-corrected chi connectivity index (χ3v) is 4.54. The molecular weight excluding hydrogens is 411 g/mol. The summed E-state index contributed by atoms with van der Waals surface area (Å²) in [7, 11) is 0. The Morgan fingerprint density at radius 1 is 1.16 bits per heavy atom. The number of ether oxygens (including phenoxy) is 2. The molecule has 162 valence electrons. The molecule has 3 aromatic rings. The van der Waals surface area contributed by atoms with E-state index in [9.17, 15) is 23.2 Å². The minimum absolute atomic E-state index is 0.312. The molecule has 0 aliphatic carbocycles. The predicted octanol–water partition coefficient (Wildman–Crippen LogP) is 6.06. The van der Waals surface area contributed by atoms with Crippen LogP contribution in [0.25, 0.3) is 22.2 Å². The van der Waals surface area contributed by atoms with Crippen LogP contribution in [0.4, 0.5) is 23.7 Å². The molecule has 0 saturated heterocycles. The Morgan fingerprint density at radius 3 is 2.45 bits per heavy atom. The van der Waals surface area contributed by atoms with Crippen LogP contribution in [-0.2, 0) is 11.3 Å². The van der Waals surface area contributed by atoms with E-state index in [0.717, 1.165) is 0 Å². The number of alkyl halides is 3. The number of aromatic nitrogens is 1. The molecule has 0 aliphatic heterocycles. The first-order valence-electron chi connectivity index (χ1n) is 9.63. The first-order chi connectivity index (χ1) is 14.8. The number of benzene rings is 2. The van der Waals surface area contributed by atoms with Gasteiger partial charge in [0.05, 0.1) is 23.4 Å². The average molecular weight is 431 g/mol. The van der Waals surface area contributed by atoms with Gasteiger partial charge >= 0.3 is 12.5 Å². The van der Waals surface area contributed by atoms with Gasteiger partial charge < -0.3 is 14.0 Å². The molecule has 6 nitrogen and oxygen atoms in total. The predicted molar refractivity (Wildman–Crippen MR) is 110 cm³/mol. The SMILES string of the molecule is CCCOC(=O)Nc1ccc(-c2c(C#N)c3ccc(OC(F)(F)F)cc3n2CC)cc1. The third-order valence-electron chi connectivity index (χ3n) is 4.54. The molecule has 31 heavy (non-hydrogen) atoms. The highest BCUT2D eigenvalue weighted by Crippen LogP contribution is 2.36. The minimum Gasteiger partial charge on any atom is -0.449 e. The number of carbonyl (C=O) groups is 1. The molecule has 0 atom stereocenters. The molecule has 0 fully saturated rings. The molecule has 1 amide bonds. The summed E-state index contributed by atoms with van der Waals surface area (Å²) in [6, 6.07) is 12.9. The van der Waals surface area contributed by atoms with Crippen molar-refractivity contribution in [2.75, 3.05) is 11.9 Å². The summed E-state index contributed by atoms with van der Waals surface area (Å²) in [6.45, 7) is 4.46. The van der Waals surface area contributed by atoms with E-state index in [1.165, 1.54) is 18.2 Å². The van der Waals surface area contributed by atoms with Crippen LogP contribution >= 0.6 is 0 Å². The molecule has 0 saturated carbocycles. The normalized spacial score (nSPS) is 11.2. The second-order valence-corrected chi connectivity index (χ2v) is 6.64. The number of carbonyl (C=O) groups excluding carboxylic acids is 1. The monoisotopic (exact) mass is 431 g/mol. The number of aryl methyl sites for hydroxylation is 1. The Balaban J connectivity index is 2.01. The zero-order valence-electron chi connectivity index (χ0n) is 16.9. The van der Waals surface area contributed by atoms with Gasteiger partial charge in [0.1, 0.15) is 11.8 Å². The molecule has 1 N–H and O–H groups in total. The lowest BCUT2D eigenvalue weighted by Crippen LogP contribution is -2.17. The number of hydrogen-bond donors (Lipinski definition) is 1. The van der Waals surface area contributed by atoms with Crippen LogP contribution in [0.3, 0.4) is 0 Å². The van der Waals surface area contributed by atoms with Crippen LogP contribution in [0.5, 0.6) is 5.75 Å². The second kappa shape index (κ2) is 9.00. The van der Waals surface area contributed by atoms with Crippen LogP contribution < -0.4 is 10.1 Å². The zero-order chi connectivity index (χ0) is 22.6. The number of nitrogens with zero attached hydrogens (tertiary/aromatic N) is 2. The number of amides is 1. The zero-order valence-corrected chi connectivity index (χ0v) is 16.9. The molecular formula is C22H20F3N3O3. The Bertz CT molecular complexity index is 1130. The van der Waals surface area contributed by atoms with E-state index in [4.69, 9.17) is 4.74 Å². The highest BCUT2D eigenvalue weighted by atomic mass is 19.4. The number of rotatable bonds is 6. The summed E-state index contributed by atoms with van der Waals surface area (Å²) in [6.07, 6.45) is -4.66. The summed E-state index contributed by atoms with van der Waals surface area (Å²) in [5, 5.41) is 12.9. The molecule has 0 bridgehead atoms. The highest BCUT2D eigenvalue weighted by Gasteiger charge is 2.31. The van der Waals surface area contributed by atoms with Gasteiger partial charge in [0.15, 0.2) is 0 Å². The van der Waals surface area contributed by atoms with Crippen molar-refractivity contribution in [1.82, 2.24) is 4.57 Å². The molecule has 0 spiro atoms. The molecule has 1 aromatic heterocycles. The van der Waals surface area contributed by atoms with Crippen molar-refractivity contribution in [3.63, 3.8) is 0 Å². The molecule has 0 aliphatic rings. The lowest BCUT2D eigenvalue weighted by Gasteiger charge is -2.11. The van der Waals surface area contributed by atoms with E-state index in [1.807, 2.05) is 13.8 Å². The first kappa shape index (κ1) is 22.0. The van der Waals surface area contributed by atoms with E-state index < -0.39 is 12.5 Å². The maximum atomic E-state index is 12.6. The van der Waals surface area contributed by atoms with E-state index in [-0.39, 0.29) is 5.75 Å². The first-order valence-corrected chi connectivity index (χ1v) is 9.63. The summed E-state index contributed by atoms with van der Waals surface area (Å²) < 4.78 is 48.6. The number of nitriles is 1. The fraction of sp³-hybridized carbons (Fsp3) is 0.273. The number of anilines is 1. The minimum atomic E-state index is -4.81. The summed E-state index contributed by atoms with van der Waals surface area (Å²) >= 11 is 0. The van der Waals surface area contributed by atoms with Crippen LogP contribution in [0, 0.1) is 11.3 Å². The Kier molecular flexibility index (Phi) is 6.39. The Hall–Kier alpha value is -3.67. The summed E-state index contributed by atoms with van der Waals surface area (Å²) in [5.74, 6) is -0.353. The van der Waals surface area contributed by atoms with E-state index >= 15 is 0 Å². The standard InChI is InChI=1S/C22H20F3N3O3/c1-3-11-30-21(29)27-15-7-5-14(6-8-15)20-18(13-26)17-10-9-16(31-22(23,24)25)12-19(17)28(20)4-2/h5-10,12H,3-4,11H2,1-2H3,(H,27,29). The summed E-state index contributed by atoms with van der Waals surface area (Å²) in [4.78, 5) is 11.7. The maximum absolute atomic E-state index is 12.6. The highest BCUT2D eigenvalue weighted by molar-refractivity contribution is 5.95. The van der Waals surface area contributed by atoms with Gasteiger partial charge in [0.25, 0.3) is 0 Å². The van der Waals surface area contributed by atoms with Crippen LogP contribution in [-0.4, -0.2) is 23.6 Å². The Labute approximate surface area is 176 Å². The van der Waals surface area contributed by atoms with Crippen molar-refractivity contribution in [1.29, 1.82) is 5.26 Å². The van der Waals surface area contributed by atoms with Crippen LogP contribution in [0.15, 0.2) is 42.5 Å². The molecule has 0 radical (unpaired) electrons. The lowest BCUT2D eigenvalue weighted by atomic mass is 10.1. The van der Waals surface area contributed by atoms with Crippen LogP contribution in [0.1, 0.15) is 25.8 Å². The van der Waals surface area contributed by atoms with Gasteiger partial charge in [0, 0.05) is 23.7 Å². The van der Waals surface area contributed by atoms with Gasteiger partial charge in [0.2, 0.25) is 0 Å². The van der Waals surface area contributed by atoms with E-state index in [1.54, 1.807) is 28.8 Å². The van der Waals surface area contributed by atoms with Crippen molar-refractivity contribution < 1.29 is 27.4 Å². The van der Waals surface area contributed by atoms with Crippen molar-refractivity contribution in [2.45, 2.75) is 33.2 Å². The molecule has 2 aromatic carbocycles. The summed E-state index contributed by atoms with van der Waals surface area (Å²) in [5.41, 5.74) is 2.58. The number of hydrogen-bond acceptors (Lipinski definition) is 4. The van der Waals surface area contributed by atoms with Gasteiger partial charge in [-0.15, -0.1) is 13.2 Å². The van der Waals surface area contributed by atoms with Gasteiger partial charge in [-0.3, -0.25) is 5.32 Å². The quantitative estimate of drug-likeness (QED) is 0.515. The van der Waals surface area contributed by atoms with Crippen LogP contribution in [0.2, 0.25) is 0 Å². The largest absolute Gasteiger partial charge is 0.573 e. The smallest absolute Gasteiger partial charge is 0.449 e. The van der Waals surface area contributed by atoms with E-state index in [2.05, 4.69) is 16.1 Å². The second-order valence-electron chi connectivity index (χ2n) is 6.64. The Morgan fingerprint density at radius 2 is 1.87 bits per heavy atom. The third kappa shape index (κ3) is 4.91. The van der Waals surface area contributed by atoms with Crippen molar-refractivity contribution >= 4 is 22.7 Å². The van der Waals surface area contributed by atoms with Crippen molar-refractivity contribution in [3.05, 3.63) is 48.0 Å². The van der Waals surface area contributed by atoms with Gasteiger partial charge in [-0.05, 0) is 43.2 Å². The number of fused-ring (bicyclic) bond motifs is 1. The number of nitrogens with one attached hydrogen (secondary N) is 1. The lowest BCUT2D eigenvalue weighted by molar-refractivity contribution is -0.274. The van der Waals surface area contributed by atoms with Gasteiger partial charge in [-0.25, -0.2) is 4.79 Å². The van der Waals surface area contributed by atoms with Gasteiger partial charge in [-0.1, -0.05) is 19.1 Å². The topological polar surface area (TPSA) is 76.3 Å². The van der Waals surface area contributed by atoms with Crippen molar-refractivity contribution in [2.24, 2.45) is 0 Å².